The highest BCUT2D eigenvalue weighted by atomic mass is 32.1. The van der Waals surface area contributed by atoms with Crippen LogP contribution in [-0.2, 0) is 0 Å². The fourth-order valence-corrected chi connectivity index (χ4v) is 3.36. The van der Waals surface area contributed by atoms with Gasteiger partial charge in [0.1, 0.15) is 10.8 Å². The Hall–Kier alpha value is -2.18. The lowest BCUT2D eigenvalue weighted by Gasteiger charge is -2.10. The number of aromatic hydroxyl groups is 1. The molecule has 6 heteroatoms. The minimum atomic E-state index is 0.207. The van der Waals surface area contributed by atoms with Crippen molar-refractivity contribution in [2.24, 2.45) is 0 Å². The van der Waals surface area contributed by atoms with Gasteiger partial charge in [0.25, 0.3) is 0 Å². The first-order valence-electron chi connectivity index (χ1n) is 6.91. The number of hydrogen-bond donors (Lipinski definition) is 3. The predicted molar refractivity (Wildman–Crippen MR) is 96.6 cm³/mol. The van der Waals surface area contributed by atoms with Gasteiger partial charge in [-0.2, -0.15) is 0 Å². The van der Waals surface area contributed by atoms with Crippen LogP contribution in [0.15, 0.2) is 42.5 Å². The zero-order valence-corrected chi connectivity index (χ0v) is 13.6. The third-order valence-electron chi connectivity index (χ3n) is 3.12. The van der Waals surface area contributed by atoms with E-state index in [9.17, 15) is 5.11 Å². The van der Waals surface area contributed by atoms with E-state index in [1.54, 1.807) is 23.5 Å². The molecule has 0 bridgehead atoms. The van der Waals surface area contributed by atoms with Crippen molar-refractivity contribution in [2.45, 2.75) is 6.92 Å². The Morgan fingerprint density at radius 3 is 2.86 bits per heavy atom. The Morgan fingerprint density at radius 1 is 1.27 bits per heavy atom. The van der Waals surface area contributed by atoms with Crippen molar-refractivity contribution in [3.8, 4) is 16.3 Å². The molecule has 0 amide bonds. The van der Waals surface area contributed by atoms with Gasteiger partial charge in [-0.15, -0.1) is 11.3 Å². The molecule has 0 aliphatic heterocycles. The lowest BCUT2D eigenvalue weighted by atomic mass is 10.2. The number of nitrogens with one attached hydrogen (secondary N) is 2. The van der Waals surface area contributed by atoms with Gasteiger partial charge in [-0.3, -0.25) is 0 Å². The van der Waals surface area contributed by atoms with Crippen molar-refractivity contribution >= 4 is 44.6 Å². The van der Waals surface area contributed by atoms with Crippen molar-refractivity contribution in [3.63, 3.8) is 0 Å². The van der Waals surface area contributed by atoms with Crippen LogP contribution in [0.2, 0.25) is 0 Å². The number of nitrogens with zero attached hydrogens (tertiary/aromatic N) is 1. The average Bonchev–Trinajstić information content (AvgIpc) is 2.93. The molecule has 22 heavy (non-hydrogen) atoms. The molecule has 4 nitrogen and oxygen atoms in total. The average molecular weight is 329 g/mol. The second-order valence-corrected chi connectivity index (χ2v) is 6.14. The largest absolute Gasteiger partial charge is 0.507 e. The van der Waals surface area contributed by atoms with Gasteiger partial charge < -0.3 is 15.7 Å². The van der Waals surface area contributed by atoms with Gasteiger partial charge in [-0.1, -0.05) is 12.1 Å². The Labute approximate surface area is 137 Å². The second-order valence-electron chi connectivity index (χ2n) is 4.70. The van der Waals surface area contributed by atoms with Crippen molar-refractivity contribution in [2.75, 3.05) is 11.9 Å². The topological polar surface area (TPSA) is 57.2 Å². The first-order chi connectivity index (χ1) is 10.7. The number of thiazole rings is 1. The number of rotatable bonds is 3. The summed E-state index contributed by atoms with van der Waals surface area (Å²) in [6.07, 6.45) is 0. The van der Waals surface area contributed by atoms with E-state index in [4.69, 9.17) is 12.2 Å². The van der Waals surface area contributed by atoms with Crippen LogP contribution in [-0.4, -0.2) is 21.7 Å². The molecule has 0 saturated heterocycles. The fourth-order valence-electron chi connectivity index (χ4n) is 2.11. The predicted octanol–water partition coefficient (Wildman–Crippen LogP) is 3.98. The third kappa shape index (κ3) is 3.03. The molecule has 0 atom stereocenters. The summed E-state index contributed by atoms with van der Waals surface area (Å²) in [5.41, 5.74) is 2.45. The van der Waals surface area contributed by atoms with Gasteiger partial charge in [-0.25, -0.2) is 4.98 Å². The highest BCUT2D eigenvalue weighted by Crippen LogP contribution is 2.36. The van der Waals surface area contributed by atoms with Gasteiger partial charge in [0.05, 0.1) is 15.8 Å². The van der Waals surface area contributed by atoms with E-state index in [2.05, 4.69) is 15.6 Å². The van der Waals surface area contributed by atoms with Gasteiger partial charge >= 0.3 is 0 Å². The Bertz CT molecular complexity index is 796. The van der Waals surface area contributed by atoms with E-state index >= 15 is 0 Å². The summed E-state index contributed by atoms with van der Waals surface area (Å²) >= 11 is 6.74. The number of phenols is 1. The number of fused-ring (bicyclic) bond motifs is 1. The molecule has 0 spiro atoms. The number of phenolic OH excluding ortho intramolecular Hbond substituents is 1. The van der Waals surface area contributed by atoms with E-state index in [0.29, 0.717) is 10.7 Å². The molecule has 3 aromatic rings. The molecule has 1 aromatic heterocycles. The monoisotopic (exact) mass is 329 g/mol. The number of para-hydroxylation sites is 1. The van der Waals surface area contributed by atoms with E-state index < -0.39 is 0 Å². The summed E-state index contributed by atoms with van der Waals surface area (Å²) in [6.45, 7) is 2.74. The van der Waals surface area contributed by atoms with E-state index in [0.717, 1.165) is 27.5 Å². The van der Waals surface area contributed by atoms with Crippen LogP contribution in [0.3, 0.4) is 0 Å². The molecule has 0 unspecified atom stereocenters. The van der Waals surface area contributed by atoms with Crippen molar-refractivity contribution in [1.29, 1.82) is 0 Å². The van der Waals surface area contributed by atoms with Crippen LogP contribution >= 0.6 is 23.6 Å². The molecule has 0 fully saturated rings. The Kier molecular flexibility index (Phi) is 4.22. The number of anilines is 1. The van der Waals surface area contributed by atoms with Crippen molar-refractivity contribution in [1.82, 2.24) is 10.3 Å². The fraction of sp³-hybridized carbons (Fsp3) is 0.125. The highest BCUT2D eigenvalue weighted by Gasteiger charge is 2.11. The lowest BCUT2D eigenvalue weighted by molar-refractivity contribution is 0.477. The third-order valence-corrected chi connectivity index (χ3v) is 4.43. The van der Waals surface area contributed by atoms with Crippen LogP contribution in [0.5, 0.6) is 5.75 Å². The van der Waals surface area contributed by atoms with Crippen LogP contribution < -0.4 is 10.6 Å². The molecule has 112 valence electrons. The zero-order valence-electron chi connectivity index (χ0n) is 12.0. The van der Waals surface area contributed by atoms with Gasteiger partial charge in [-0.05, 0) is 49.5 Å². The summed E-state index contributed by atoms with van der Waals surface area (Å²) in [4.78, 5) is 4.58. The van der Waals surface area contributed by atoms with Gasteiger partial charge in [0.15, 0.2) is 5.11 Å². The molecular formula is C16H15N3OS2. The Morgan fingerprint density at radius 2 is 2.09 bits per heavy atom. The smallest absolute Gasteiger partial charge is 0.170 e. The number of hydrogen-bond acceptors (Lipinski definition) is 4. The summed E-state index contributed by atoms with van der Waals surface area (Å²) in [7, 11) is 0. The van der Waals surface area contributed by atoms with Crippen LogP contribution in [0.1, 0.15) is 6.92 Å². The first kappa shape index (κ1) is 14.7. The van der Waals surface area contributed by atoms with E-state index in [1.807, 2.05) is 37.3 Å². The van der Waals surface area contributed by atoms with Gasteiger partial charge in [0.2, 0.25) is 0 Å². The molecule has 0 radical (unpaired) electrons. The summed E-state index contributed by atoms with van der Waals surface area (Å²) < 4.78 is 1.10. The first-order valence-corrected chi connectivity index (χ1v) is 8.13. The SMILES string of the molecule is CCNC(=S)Nc1ccc(O)c(-c2nc3ccccc3s2)c1. The second kappa shape index (κ2) is 6.29. The molecule has 1 heterocycles. The van der Waals surface area contributed by atoms with Gasteiger partial charge in [0, 0.05) is 12.2 Å². The molecule has 3 N–H and O–H groups in total. The van der Waals surface area contributed by atoms with E-state index in [1.165, 1.54) is 0 Å². The maximum atomic E-state index is 10.1. The normalized spacial score (nSPS) is 10.6. The van der Waals surface area contributed by atoms with Crippen molar-refractivity contribution in [3.05, 3.63) is 42.5 Å². The van der Waals surface area contributed by atoms with Crippen LogP contribution in [0.4, 0.5) is 5.69 Å². The Balaban J connectivity index is 1.97. The summed E-state index contributed by atoms with van der Waals surface area (Å²) in [6, 6.07) is 13.2. The minimum absolute atomic E-state index is 0.207. The van der Waals surface area contributed by atoms with E-state index in [-0.39, 0.29) is 5.75 Å². The molecule has 2 aromatic carbocycles. The maximum absolute atomic E-state index is 10.1. The number of benzene rings is 2. The minimum Gasteiger partial charge on any atom is -0.507 e. The molecule has 0 aliphatic carbocycles. The summed E-state index contributed by atoms with van der Waals surface area (Å²) in [5.74, 6) is 0.207. The highest BCUT2D eigenvalue weighted by molar-refractivity contribution is 7.80. The molecule has 3 rings (SSSR count). The number of aromatic nitrogens is 1. The zero-order chi connectivity index (χ0) is 15.5. The van der Waals surface area contributed by atoms with Crippen LogP contribution in [0, 0.1) is 0 Å². The maximum Gasteiger partial charge on any atom is 0.170 e. The lowest BCUT2D eigenvalue weighted by Crippen LogP contribution is -2.27. The summed E-state index contributed by atoms with van der Waals surface area (Å²) in [5, 5.41) is 17.6. The molecular weight excluding hydrogens is 314 g/mol. The molecule has 0 saturated carbocycles. The number of thiocarbonyl (C=S) groups is 1. The van der Waals surface area contributed by atoms with Crippen LogP contribution in [0.25, 0.3) is 20.8 Å². The standard InChI is InChI=1S/C16H15N3OS2/c1-2-17-16(21)18-10-7-8-13(20)11(9-10)15-19-12-5-3-4-6-14(12)22-15/h3-9,20H,2H2,1H3,(H2,17,18,21). The molecule has 0 aliphatic rings. The van der Waals surface area contributed by atoms with Crippen molar-refractivity contribution < 1.29 is 5.11 Å². The quantitative estimate of drug-likeness (QED) is 0.501.